The van der Waals surface area contributed by atoms with Crippen LogP contribution in [0, 0.1) is 0 Å². The maximum atomic E-state index is 4.16. The smallest absolute Gasteiger partial charge is 0.131 e. The molecule has 18 heavy (non-hydrogen) atoms. The molecule has 5 heteroatoms. The van der Waals surface area contributed by atoms with E-state index in [1.165, 1.54) is 5.56 Å². The number of hydrogen-bond acceptors (Lipinski definition) is 4. The van der Waals surface area contributed by atoms with Gasteiger partial charge in [-0.25, -0.2) is 9.97 Å². The highest BCUT2D eigenvalue weighted by atomic mass is 79.9. The van der Waals surface area contributed by atoms with Crippen LogP contribution in [0.3, 0.4) is 0 Å². The number of nitrogens with one attached hydrogen (secondary N) is 2. The van der Waals surface area contributed by atoms with Crippen LogP contribution in [-0.2, 0) is 6.42 Å². The predicted molar refractivity (Wildman–Crippen MR) is 77.9 cm³/mol. The highest BCUT2D eigenvalue weighted by molar-refractivity contribution is 9.10. The number of benzene rings is 1. The fourth-order valence-electron chi connectivity index (χ4n) is 1.58. The summed E-state index contributed by atoms with van der Waals surface area (Å²) in [7, 11) is 1.84. The van der Waals surface area contributed by atoms with E-state index in [2.05, 4.69) is 60.8 Å². The summed E-state index contributed by atoms with van der Waals surface area (Å²) in [5, 5.41) is 6.26. The van der Waals surface area contributed by atoms with Crippen molar-refractivity contribution in [2.75, 3.05) is 24.2 Å². The number of anilines is 2. The minimum Gasteiger partial charge on any atom is -0.373 e. The third kappa shape index (κ3) is 3.70. The predicted octanol–water partition coefficient (Wildman–Crippen LogP) is 2.94. The Morgan fingerprint density at radius 2 is 1.83 bits per heavy atom. The quantitative estimate of drug-likeness (QED) is 0.892. The molecule has 0 atom stereocenters. The lowest BCUT2D eigenvalue weighted by molar-refractivity contribution is 0.999. The number of aromatic nitrogens is 2. The molecular weight excluding hydrogens is 292 g/mol. The van der Waals surface area contributed by atoms with Gasteiger partial charge in [-0.2, -0.15) is 0 Å². The van der Waals surface area contributed by atoms with Gasteiger partial charge in [0.25, 0.3) is 0 Å². The Morgan fingerprint density at radius 1 is 1.11 bits per heavy atom. The summed E-state index contributed by atoms with van der Waals surface area (Å²) >= 11 is 3.43. The lowest BCUT2D eigenvalue weighted by Gasteiger charge is -2.06. The van der Waals surface area contributed by atoms with Crippen LogP contribution in [0.25, 0.3) is 0 Å². The lowest BCUT2D eigenvalue weighted by Crippen LogP contribution is -2.07. The summed E-state index contributed by atoms with van der Waals surface area (Å²) in [6, 6.07) is 10.2. The molecule has 2 rings (SSSR count). The van der Waals surface area contributed by atoms with Gasteiger partial charge < -0.3 is 10.6 Å². The number of nitrogens with zero attached hydrogens (tertiary/aromatic N) is 2. The van der Waals surface area contributed by atoms with Crippen LogP contribution in [0.4, 0.5) is 11.6 Å². The molecule has 0 amide bonds. The highest BCUT2D eigenvalue weighted by Gasteiger charge is 1.97. The van der Waals surface area contributed by atoms with Crippen molar-refractivity contribution in [3.05, 3.63) is 46.7 Å². The van der Waals surface area contributed by atoms with Gasteiger partial charge in [0.15, 0.2) is 0 Å². The number of rotatable bonds is 5. The van der Waals surface area contributed by atoms with Gasteiger partial charge in [-0.1, -0.05) is 28.1 Å². The minimum atomic E-state index is 0.816. The Hall–Kier alpha value is -1.62. The van der Waals surface area contributed by atoms with Crippen molar-refractivity contribution in [2.24, 2.45) is 0 Å². The van der Waals surface area contributed by atoms with Crippen LogP contribution in [0.1, 0.15) is 5.56 Å². The Balaban J connectivity index is 1.86. The van der Waals surface area contributed by atoms with E-state index >= 15 is 0 Å². The molecule has 0 unspecified atom stereocenters. The summed E-state index contributed by atoms with van der Waals surface area (Å²) < 4.78 is 1.11. The molecule has 2 N–H and O–H groups in total. The van der Waals surface area contributed by atoms with Crippen LogP contribution in [-0.4, -0.2) is 23.6 Å². The van der Waals surface area contributed by atoms with E-state index in [1.54, 1.807) is 6.33 Å². The molecule has 0 aliphatic carbocycles. The zero-order valence-electron chi connectivity index (χ0n) is 10.2. The molecule has 0 saturated carbocycles. The zero-order valence-corrected chi connectivity index (χ0v) is 11.7. The molecule has 1 aromatic heterocycles. The van der Waals surface area contributed by atoms with Crippen molar-refractivity contribution in [3.8, 4) is 0 Å². The van der Waals surface area contributed by atoms with Gasteiger partial charge in [-0.3, -0.25) is 0 Å². The average molecular weight is 307 g/mol. The van der Waals surface area contributed by atoms with Gasteiger partial charge in [-0.15, -0.1) is 0 Å². The topological polar surface area (TPSA) is 49.8 Å². The monoisotopic (exact) mass is 306 g/mol. The zero-order chi connectivity index (χ0) is 12.8. The molecule has 0 spiro atoms. The summed E-state index contributed by atoms with van der Waals surface area (Å²) in [4.78, 5) is 8.23. The first-order valence-corrected chi connectivity index (χ1v) is 6.55. The molecule has 0 aliphatic heterocycles. The Kier molecular flexibility index (Phi) is 4.52. The SMILES string of the molecule is CNc1cc(NCCc2ccc(Br)cc2)ncn1. The van der Waals surface area contributed by atoms with Crippen LogP contribution < -0.4 is 10.6 Å². The van der Waals surface area contributed by atoms with E-state index < -0.39 is 0 Å². The fourth-order valence-corrected chi connectivity index (χ4v) is 1.84. The second-order valence-corrected chi connectivity index (χ2v) is 4.76. The Morgan fingerprint density at radius 3 is 2.56 bits per heavy atom. The molecule has 0 aliphatic rings. The first-order valence-electron chi connectivity index (χ1n) is 5.76. The van der Waals surface area contributed by atoms with Crippen LogP contribution in [0.15, 0.2) is 41.1 Å². The molecule has 2 aromatic rings. The first-order chi connectivity index (χ1) is 8.78. The van der Waals surface area contributed by atoms with Crippen molar-refractivity contribution in [1.82, 2.24) is 9.97 Å². The average Bonchev–Trinajstić information content (AvgIpc) is 2.41. The van der Waals surface area contributed by atoms with E-state index in [-0.39, 0.29) is 0 Å². The second kappa shape index (κ2) is 6.35. The van der Waals surface area contributed by atoms with E-state index in [0.29, 0.717) is 0 Å². The molecule has 1 aromatic carbocycles. The van der Waals surface area contributed by atoms with Gasteiger partial charge >= 0.3 is 0 Å². The summed E-state index contributed by atoms with van der Waals surface area (Å²) in [6.45, 7) is 0.849. The van der Waals surface area contributed by atoms with Gasteiger partial charge in [0.1, 0.15) is 18.0 Å². The maximum absolute atomic E-state index is 4.16. The van der Waals surface area contributed by atoms with Crippen LogP contribution in [0.2, 0.25) is 0 Å². The van der Waals surface area contributed by atoms with Gasteiger partial charge in [0, 0.05) is 24.1 Å². The van der Waals surface area contributed by atoms with Crippen molar-refractivity contribution < 1.29 is 0 Å². The number of halogens is 1. The third-order valence-electron chi connectivity index (χ3n) is 2.56. The summed E-state index contributed by atoms with van der Waals surface area (Å²) in [5.41, 5.74) is 1.30. The molecule has 0 radical (unpaired) electrons. The van der Waals surface area contributed by atoms with E-state index in [1.807, 2.05) is 13.1 Å². The normalized spacial score (nSPS) is 10.1. The molecule has 0 saturated heterocycles. The van der Waals surface area contributed by atoms with Crippen LogP contribution >= 0.6 is 15.9 Å². The molecule has 1 heterocycles. The fraction of sp³-hybridized carbons (Fsp3) is 0.231. The van der Waals surface area contributed by atoms with Gasteiger partial charge in [0.05, 0.1) is 0 Å². The van der Waals surface area contributed by atoms with Gasteiger partial charge in [0.2, 0.25) is 0 Å². The van der Waals surface area contributed by atoms with Crippen molar-refractivity contribution in [3.63, 3.8) is 0 Å². The van der Waals surface area contributed by atoms with E-state index in [4.69, 9.17) is 0 Å². The summed E-state index contributed by atoms with van der Waals surface area (Å²) in [5.74, 6) is 1.66. The first kappa shape index (κ1) is 12.8. The second-order valence-electron chi connectivity index (χ2n) is 3.84. The van der Waals surface area contributed by atoms with Crippen molar-refractivity contribution >= 4 is 27.6 Å². The summed E-state index contributed by atoms with van der Waals surface area (Å²) in [6.07, 6.45) is 2.51. The molecule has 4 nitrogen and oxygen atoms in total. The van der Waals surface area contributed by atoms with Crippen molar-refractivity contribution in [1.29, 1.82) is 0 Å². The van der Waals surface area contributed by atoms with E-state index in [0.717, 1.165) is 29.1 Å². The van der Waals surface area contributed by atoms with Crippen molar-refractivity contribution in [2.45, 2.75) is 6.42 Å². The minimum absolute atomic E-state index is 0.816. The maximum Gasteiger partial charge on any atom is 0.131 e. The molecule has 0 bridgehead atoms. The van der Waals surface area contributed by atoms with E-state index in [9.17, 15) is 0 Å². The Bertz CT molecular complexity index is 499. The standard InChI is InChI=1S/C13H15BrN4/c1-15-12-8-13(18-9-17-12)16-7-6-10-2-4-11(14)5-3-10/h2-5,8-9H,6-7H2,1H3,(H2,15,16,17,18). The molecule has 94 valence electrons. The molecule has 0 fully saturated rings. The highest BCUT2D eigenvalue weighted by Crippen LogP contribution is 2.11. The third-order valence-corrected chi connectivity index (χ3v) is 3.08. The Labute approximate surface area is 115 Å². The molecular formula is C13H15BrN4. The largest absolute Gasteiger partial charge is 0.373 e. The number of hydrogen-bond donors (Lipinski definition) is 2. The van der Waals surface area contributed by atoms with Crippen LogP contribution in [0.5, 0.6) is 0 Å². The lowest BCUT2D eigenvalue weighted by atomic mass is 10.1. The van der Waals surface area contributed by atoms with Gasteiger partial charge in [-0.05, 0) is 24.1 Å².